The zero-order chi connectivity index (χ0) is 25.5. The number of para-hydroxylation sites is 1. The Bertz CT molecular complexity index is 997. The number of nitrogens with zero attached hydrogens (tertiary/aromatic N) is 1. The van der Waals surface area contributed by atoms with Gasteiger partial charge in [-0.3, -0.25) is 14.4 Å². The highest BCUT2D eigenvalue weighted by Gasteiger charge is 2.76. The first-order valence-electron chi connectivity index (χ1n) is 12.2. The predicted molar refractivity (Wildman–Crippen MR) is 143 cm³/mol. The van der Waals surface area contributed by atoms with Crippen molar-refractivity contribution in [3.05, 3.63) is 29.3 Å². The van der Waals surface area contributed by atoms with E-state index in [1.807, 2.05) is 20.8 Å². The van der Waals surface area contributed by atoms with Gasteiger partial charge in [-0.05, 0) is 37.3 Å². The van der Waals surface area contributed by atoms with E-state index in [1.54, 1.807) is 40.9 Å². The third kappa shape index (κ3) is 4.62. The maximum atomic E-state index is 14.1. The van der Waals surface area contributed by atoms with E-state index < -0.39 is 28.7 Å². The number of likely N-dealkylation sites (tertiary alicyclic amines) is 1. The highest BCUT2D eigenvalue weighted by Crippen LogP contribution is 2.68. The first-order chi connectivity index (χ1) is 16.7. The lowest BCUT2D eigenvalue weighted by molar-refractivity contribution is -0.142. The molecule has 7 atom stereocenters. The van der Waals surface area contributed by atoms with Crippen LogP contribution >= 0.6 is 39.3 Å². The van der Waals surface area contributed by atoms with E-state index in [1.165, 1.54) is 0 Å². The van der Waals surface area contributed by atoms with Gasteiger partial charge in [0.25, 0.3) is 0 Å². The third-order valence-corrected chi connectivity index (χ3v) is 10.9. The minimum Gasteiger partial charge on any atom is -0.394 e. The lowest BCUT2D eigenvalue weighted by Crippen LogP contribution is -2.55. The fourth-order valence-corrected chi connectivity index (χ4v) is 9.79. The molecular weight excluding hydrogens is 554 g/mol. The quantitative estimate of drug-likeness (QED) is 0.384. The van der Waals surface area contributed by atoms with Crippen LogP contribution in [0.2, 0.25) is 5.02 Å². The molecule has 0 aliphatic carbocycles. The van der Waals surface area contributed by atoms with Gasteiger partial charge in [-0.1, -0.05) is 60.4 Å². The van der Waals surface area contributed by atoms with Crippen molar-refractivity contribution in [1.82, 2.24) is 10.2 Å². The Balaban J connectivity index is 1.76. The number of rotatable bonds is 9. The number of hydrogen-bond acceptors (Lipinski definition) is 5. The number of thioether (sulfide) groups is 1. The van der Waals surface area contributed by atoms with E-state index in [4.69, 9.17) is 11.6 Å². The van der Waals surface area contributed by atoms with Crippen molar-refractivity contribution in [3.63, 3.8) is 0 Å². The Morgan fingerprint density at radius 3 is 2.66 bits per heavy atom. The van der Waals surface area contributed by atoms with Crippen molar-refractivity contribution in [3.8, 4) is 0 Å². The second-order valence-electron chi connectivity index (χ2n) is 10.1. The normalized spacial score (nSPS) is 32.1. The fraction of sp³-hybridized carbons (Fsp3) is 0.640. The fourth-order valence-electron chi connectivity index (χ4n) is 6.01. The third-order valence-electron chi connectivity index (χ3n) is 7.31. The number of halogens is 2. The number of fused-ring (bicyclic) bond motifs is 1. The van der Waals surface area contributed by atoms with Gasteiger partial charge < -0.3 is 20.6 Å². The zero-order valence-electron chi connectivity index (χ0n) is 20.2. The molecule has 2 bridgehead atoms. The molecule has 3 aliphatic heterocycles. The van der Waals surface area contributed by atoms with Crippen molar-refractivity contribution >= 4 is 62.7 Å². The minimum atomic E-state index is -0.828. The molecular formula is C25H33BrClN3O4S. The van der Waals surface area contributed by atoms with Gasteiger partial charge in [-0.25, -0.2) is 0 Å². The second kappa shape index (κ2) is 10.6. The van der Waals surface area contributed by atoms with Crippen LogP contribution in [0, 0.1) is 17.8 Å². The Hall–Kier alpha value is -1.29. The number of carbonyl (C=O) groups is 3. The van der Waals surface area contributed by atoms with E-state index in [2.05, 4.69) is 26.6 Å². The van der Waals surface area contributed by atoms with E-state index >= 15 is 0 Å². The standard InChI is InChI=1S/C25H33BrClN3O4S/c1-4-9-28-22(32)18-19-24(34)30(14(12-31)10-13(2)3)21(25(19)11-15(26)20(18)35-25)23(33)29-17-8-6-5-7-16(17)27/h5-8,13-15,18-21,31H,4,9-12H2,1-3H3,(H,28,32)(H,29,33)/t14-,15?,18-,19+,20-,21?,25?/m1/s1. The first kappa shape index (κ1) is 26.8. The molecule has 0 radical (unpaired) electrons. The van der Waals surface area contributed by atoms with Crippen molar-refractivity contribution in [2.45, 2.75) is 66.9 Å². The molecule has 35 heavy (non-hydrogen) atoms. The molecule has 1 spiro atoms. The molecule has 3 heterocycles. The molecule has 3 saturated heterocycles. The maximum absolute atomic E-state index is 14.1. The summed E-state index contributed by atoms with van der Waals surface area (Å²) in [6.07, 6.45) is 1.94. The molecule has 1 aromatic rings. The summed E-state index contributed by atoms with van der Waals surface area (Å²) in [5, 5.41) is 16.5. The van der Waals surface area contributed by atoms with Crippen LogP contribution in [-0.4, -0.2) is 67.8 Å². The molecule has 3 fully saturated rings. The van der Waals surface area contributed by atoms with Crippen LogP contribution in [0.15, 0.2) is 24.3 Å². The molecule has 10 heteroatoms. The molecule has 3 N–H and O–H groups in total. The van der Waals surface area contributed by atoms with Gasteiger partial charge in [0.1, 0.15) is 6.04 Å². The summed E-state index contributed by atoms with van der Waals surface area (Å²) in [6, 6.07) is 5.65. The summed E-state index contributed by atoms with van der Waals surface area (Å²) in [5.74, 6) is -1.62. The van der Waals surface area contributed by atoms with E-state index in [0.717, 1.165) is 6.42 Å². The monoisotopic (exact) mass is 585 g/mol. The topological polar surface area (TPSA) is 98.7 Å². The minimum absolute atomic E-state index is 0.00200. The van der Waals surface area contributed by atoms with Crippen molar-refractivity contribution in [1.29, 1.82) is 0 Å². The maximum Gasteiger partial charge on any atom is 0.248 e. The molecule has 3 unspecified atom stereocenters. The smallest absolute Gasteiger partial charge is 0.248 e. The summed E-state index contributed by atoms with van der Waals surface area (Å²) >= 11 is 11.7. The molecule has 0 aromatic heterocycles. The number of alkyl halides is 1. The predicted octanol–water partition coefficient (Wildman–Crippen LogP) is 3.68. The zero-order valence-corrected chi connectivity index (χ0v) is 23.3. The number of anilines is 1. The van der Waals surface area contributed by atoms with Crippen LogP contribution in [-0.2, 0) is 14.4 Å². The summed E-state index contributed by atoms with van der Waals surface area (Å²) in [7, 11) is 0. The van der Waals surface area contributed by atoms with Crippen LogP contribution in [0.25, 0.3) is 0 Å². The number of carbonyl (C=O) groups excluding carboxylic acids is 3. The van der Waals surface area contributed by atoms with Crippen molar-refractivity contribution in [2.24, 2.45) is 17.8 Å². The van der Waals surface area contributed by atoms with E-state index in [9.17, 15) is 19.5 Å². The summed E-state index contributed by atoms with van der Waals surface area (Å²) < 4.78 is -0.764. The summed E-state index contributed by atoms with van der Waals surface area (Å²) in [4.78, 5) is 42.9. The highest BCUT2D eigenvalue weighted by atomic mass is 79.9. The molecule has 3 amide bonds. The van der Waals surface area contributed by atoms with Crippen LogP contribution < -0.4 is 10.6 Å². The summed E-state index contributed by atoms with van der Waals surface area (Å²) in [6.45, 7) is 6.33. The van der Waals surface area contributed by atoms with Crippen LogP contribution in [0.4, 0.5) is 5.69 Å². The SMILES string of the molecule is CCCNC(=O)[C@H]1[C@@H]2SC3(CC2Br)C(C(=O)Nc2ccccc2Cl)N([C@@H](CO)CC(C)C)C(=O)[C@H]13. The Labute approximate surface area is 224 Å². The molecule has 192 valence electrons. The molecule has 3 aliphatic rings. The lowest BCUT2D eigenvalue weighted by atomic mass is 9.70. The Morgan fingerprint density at radius 2 is 2.03 bits per heavy atom. The van der Waals surface area contributed by atoms with Gasteiger partial charge in [-0.15, -0.1) is 11.8 Å². The van der Waals surface area contributed by atoms with Crippen molar-refractivity contribution < 1.29 is 19.5 Å². The first-order valence-corrected chi connectivity index (χ1v) is 14.4. The molecule has 1 aromatic carbocycles. The highest BCUT2D eigenvalue weighted by molar-refractivity contribution is 9.09. The number of aliphatic hydroxyl groups is 1. The average Bonchev–Trinajstić information content (AvgIpc) is 3.40. The second-order valence-corrected chi connectivity index (χ2v) is 13.3. The summed E-state index contributed by atoms with van der Waals surface area (Å²) in [5.41, 5.74) is 0.473. The van der Waals surface area contributed by atoms with Crippen LogP contribution in [0.5, 0.6) is 0 Å². The van der Waals surface area contributed by atoms with Gasteiger partial charge in [-0.2, -0.15) is 0 Å². The molecule has 4 rings (SSSR count). The Kier molecular flexibility index (Phi) is 8.10. The van der Waals surface area contributed by atoms with Gasteiger partial charge in [0.2, 0.25) is 17.7 Å². The average molecular weight is 587 g/mol. The number of benzene rings is 1. The molecule has 7 nitrogen and oxygen atoms in total. The van der Waals surface area contributed by atoms with E-state index in [0.29, 0.717) is 30.1 Å². The number of aliphatic hydroxyl groups excluding tert-OH is 1. The van der Waals surface area contributed by atoms with Gasteiger partial charge >= 0.3 is 0 Å². The van der Waals surface area contributed by atoms with E-state index in [-0.39, 0.29) is 40.3 Å². The van der Waals surface area contributed by atoms with Crippen LogP contribution in [0.3, 0.4) is 0 Å². The lowest BCUT2D eigenvalue weighted by Gasteiger charge is -2.37. The van der Waals surface area contributed by atoms with Crippen molar-refractivity contribution in [2.75, 3.05) is 18.5 Å². The van der Waals surface area contributed by atoms with Crippen LogP contribution in [0.1, 0.15) is 40.0 Å². The van der Waals surface area contributed by atoms with Gasteiger partial charge in [0.05, 0.1) is 39.9 Å². The number of hydrogen-bond donors (Lipinski definition) is 3. The van der Waals surface area contributed by atoms with Gasteiger partial charge in [0, 0.05) is 16.6 Å². The molecule has 0 saturated carbocycles. The largest absolute Gasteiger partial charge is 0.394 e. The van der Waals surface area contributed by atoms with Gasteiger partial charge in [0.15, 0.2) is 0 Å². The number of amides is 3. The number of nitrogens with one attached hydrogen (secondary N) is 2. The Morgan fingerprint density at radius 1 is 1.31 bits per heavy atom.